The third-order valence-electron chi connectivity index (χ3n) is 2.74. The van der Waals surface area contributed by atoms with Crippen LogP contribution in [-0.2, 0) is 15.8 Å². The van der Waals surface area contributed by atoms with Crippen molar-refractivity contribution in [3.8, 4) is 0 Å². The lowest BCUT2D eigenvalue weighted by atomic mass is 10.2. The maximum Gasteiger partial charge on any atom is 0.416 e. The van der Waals surface area contributed by atoms with Crippen molar-refractivity contribution in [3.63, 3.8) is 0 Å². The zero-order chi connectivity index (χ0) is 17.6. The van der Waals surface area contributed by atoms with E-state index in [1.54, 1.807) is 18.3 Å². The van der Waals surface area contributed by atoms with Gasteiger partial charge in [-0.3, -0.25) is 14.6 Å². The van der Waals surface area contributed by atoms with Crippen LogP contribution >= 0.6 is 0 Å². The van der Waals surface area contributed by atoms with E-state index in [4.69, 9.17) is 0 Å². The van der Waals surface area contributed by atoms with Crippen molar-refractivity contribution in [3.05, 3.63) is 59.9 Å². The van der Waals surface area contributed by atoms with Crippen molar-refractivity contribution in [1.82, 2.24) is 10.4 Å². The molecule has 0 radical (unpaired) electrons. The number of halogens is 3. The number of anilines is 1. The summed E-state index contributed by atoms with van der Waals surface area (Å²) in [6.07, 6.45) is -0.122. The first-order chi connectivity index (χ1) is 11.4. The quantitative estimate of drug-likeness (QED) is 0.512. The second-order valence-electron chi connectivity index (χ2n) is 4.51. The highest BCUT2D eigenvalue weighted by Gasteiger charge is 2.30. The summed E-state index contributed by atoms with van der Waals surface area (Å²) in [7, 11) is 0. The number of hydrogen-bond donors (Lipinski definition) is 2. The molecule has 0 atom stereocenters. The number of amides is 2. The molecule has 0 bridgehead atoms. The van der Waals surface area contributed by atoms with Gasteiger partial charge in [-0.05, 0) is 30.3 Å². The topological polar surface area (TPSA) is 83.5 Å². The van der Waals surface area contributed by atoms with Crippen LogP contribution in [0.4, 0.5) is 18.9 Å². The Hall–Kier alpha value is -3.23. The molecule has 0 saturated carbocycles. The Bertz CT molecular complexity index is 744. The standard InChI is InChI=1S/C15H11F3N4O2/c16-15(17,18)11-3-5-12(6-4-11)21-13(23)14(24)22-20-9-10-2-1-7-19-8-10/h1-9H,(H,21,23)(H,22,24)/b20-9+. The first-order valence-corrected chi connectivity index (χ1v) is 6.58. The van der Waals surface area contributed by atoms with Crippen LogP contribution in [0.25, 0.3) is 0 Å². The summed E-state index contributed by atoms with van der Waals surface area (Å²) in [6, 6.07) is 7.05. The number of hydrogen-bond acceptors (Lipinski definition) is 4. The second kappa shape index (κ2) is 7.36. The van der Waals surface area contributed by atoms with Gasteiger partial charge in [0, 0.05) is 23.6 Å². The van der Waals surface area contributed by atoms with Gasteiger partial charge in [0.2, 0.25) is 0 Å². The van der Waals surface area contributed by atoms with E-state index in [0.717, 1.165) is 24.3 Å². The van der Waals surface area contributed by atoms with Crippen LogP contribution in [0.15, 0.2) is 53.9 Å². The van der Waals surface area contributed by atoms with Gasteiger partial charge in [0.1, 0.15) is 0 Å². The fraction of sp³-hybridized carbons (Fsp3) is 0.0667. The SMILES string of the molecule is O=C(N/N=C/c1cccnc1)C(=O)Nc1ccc(C(F)(F)F)cc1. The average Bonchev–Trinajstić information content (AvgIpc) is 2.55. The van der Waals surface area contributed by atoms with Crippen LogP contribution in [-0.4, -0.2) is 23.0 Å². The van der Waals surface area contributed by atoms with Gasteiger partial charge in [0.05, 0.1) is 11.8 Å². The first kappa shape index (κ1) is 17.1. The fourth-order valence-electron chi connectivity index (χ4n) is 1.60. The molecule has 2 N–H and O–H groups in total. The molecule has 0 aliphatic rings. The zero-order valence-electron chi connectivity index (χ0n) is 12.0. The van der Waals surface area contributed by atoms with E-state index in [1.165, 1.54) is 12.4 Å². The molecule has 0 saturated heterocycles. The van der Waals surface area contributed by atoms with E-state index < -0.39 is 23.6 Å². The number of carbonyl (C=O) groups excluding carboxylic acids is 2. The zero-order valence-corrected chi connectivity index (χ0v) is 12.0. The van der Waals surface area contributed by atoms with Crippen LogP contribution < -0.4 is 10.7 Å². The Morgan fingerprint density at radius 2 is 1.79 bits per heavy atom. The molecule has 0 spiro atoms. The largest absolute Gasteiger partial charge is 0.416 e. The number of carbonyl (C=O) groups is 2. The number of benzene rings is 1. The highest BCUT2D eigenvalue weighted by Crippen LogP contribution is 2.29. The third kappa shape index (κ3) is 4.90. The fourth-order valence-corrected chi connectivity index (χ4v) is 1.60. The number of nitrogens with one attached hydrogen (secondary N) is 2. The lowest BCUT2D eigenvalue weighted by molar-refractivity contribution is -0.137. The number of rotatable bonds is 3. The molecular weight excluding hydrogens is 325 g/mol. The van der Waals surface area contributed by atoms with Crippen LogP contribution in [0, 0.1) is 0 Å². The van der Waals surface area contributed by atoms with E-state index in [0.29, 0.717) is 5.56 Å². The highest BCUT2D eigenvalue weighted by atomic mass is 19.4. The molecule has 1 heterocycles. The molecular formula is C15H11F3N4O2. The molecule has 0 aliphatic carbocycles. The maximum atomic E-state index is 12.4. The van der Waals surface area contributed by atoms with Gasteiger partial charge in [0.15, 0.2) is 0 Å². The van der Waals surface area contributed by atoms with Gasteiger partial charge in [-0.15, -0.1) is 0 Å². The summed E-state index contributed by atoms with van der Waals surface area (Å²) in [4.78, 5) is 27.0. The number of alkyl halides is 3. The minimum atomic E-state index is -4.47. The molecule has 6 nitrogen and oxygen atoms in total. The van der Waals surface area contributed by atoms with Gasteiger partial charge in [-0.25, -0.2) is 5.43 Å². The molecule has 1 aromatic carbocycles. The van der Waals surface area contributed by atoms with Crippen molar-refractivity contribution in [2.45, 2.75) is 6.18 Å². The predicted octanol–water partition coefficient (Wildman–Crippen LogP) is 2.19. The summed E-state index contributed by atoms with van der Waals surface area (Å²) in [6.45, 7) is 0. The summed E-state index contributed by atoms with van der Waals surface area (Å²) >= 11 is 0. The van der Waals surface area contributed by atoms with E-state index in [2.05, 4.69) is 15.4 Å². The van der Waals surface area contributed by atoms with Crippen molar-refractivity contribution in [2.24, 2.45) is 5.10 Å². The summed E-state index contributed by atoms with van der Waals surface area (Å²) < 4.78 is 37.3. The van der Waals surface area contributed by atoms with Crippen molar-refractivity contribution < 1.29 is 22.8 Å². The van der Waals surface area contributed by atoms with E-state index in [9.17, 15) is 22.8 Å². The van der Waals surface area contributed by atoms with Gasteiger partial charge >= 0.3 is 18.0 Å². The average molecular weight is 336 g/mol. The Morgan fingerprint density at radius 3 is 2.38 bits per heavy atom. The lowest BCUT2D eigenvalue weighted by Crippen LogP contribution is -2.32. The van der Waals surface area contributed by atoms with Crippen LogP contribution in [0.1, 0.15) is 11.1 Å². The van der Waals surface area contributed by atoms with E-state index in [-0.39, 0.29) is 5.69 Å². The smallest absolute Gasteiger partial charge is 0.318 e. The van der Waals surface area contributed by atoms with Crippen molar-refractivity contribution in [2.75, 3.05) is 5.32 Å². The van der Waals surface area contributed by atoms with Gasteiger partial charge in [-0.2, -0.15) is 18.3 Å². The molecule has 24 heavy (non-hydrogen) atoms. The normalized spacial score (nSPS) is 11.3. The lowest BCUT2D eigenvalue weighted by Gasteiger charge is -2.08. The Kier molecular flexibility index (Phi) is 5.25. The van der Waals surface area contributed by atoms with Crippen LogP contribution in [0.2, 0.25) is 0 Å². The number of aromatic nitrogens is 1. The molecule has 0 aliphatic heterocycles. The van der Waals surface area contributed by atoms with Gasteiger partial charge < -0.3 is 5.32 Å². The summed E-state index contributed by atoms with van der Waals surface area (Å²) in [5.74, 6) is -2.12. The maximum absolute atomic E-state index is 12.4. The van der Waals surface area contributed by atoms with Crippen LogP contribution in [0.3, 0.4) is 0 Å². The Morgan fingerprint density at radius 1 is 1.08 bits per heavy atom. The second-order valence-corrected chi connectivity index (χ2v) is 4.51. The highest BCUT2D eigenvalue weighted by molar-refractivity contribution is 6.39. The molecule has 0 fully saturated rings. The van der Waals surface area contributed by atoms with E-state index >= 15 is 0 Å². The monoisotopic (exact) mass is 336 g/mol. The minimum Gasteiger partial charge on any atom is -0.318 e. The molecule has 1 aromatic heterocycles. The molecule has 2 rings (SSSR count). The molecule has 0 unspecified atom stereocenters. The number of nitrogens with zero attached hydrogens (tertiary/aromatic N) is 2. The number of pyridine rings is 1. The molecule has 9 heteroatoms. The molecule has 2 aromatic rings. The van der Waals surface area contributed by atoms with Crippen molar-refractivity contribution in [1.29, 1.82) is 0 Å². The Labute approximate surface area is 134 Å². The molecule has 124 valence electrons. The summed E-state index contributed by atoms with van der Waals surface area (Å²) in [5, 5.41) is 5.74. The minimum absolute atomic E-state index is 0.0550. The Balaban J connectivity index is 1.90. The van der Waals surface area contributed by atoms with Gasteiger partial charge in [0.25, 0.3) is 0 Å². The number of hydrazone groups is 1. The van der Waals surface area contributed by atoms with Crippen LogP contribution in [0.5, 0.6) is 0 Å². The predicted molar refractivity (Wildman–Crippen MR) is 80.0 cm³/mol. The van der Waals surface area contributed by atoms with Crippen molar-refractivity contribution >= 4 is 23.7 Å². The first-order valence-electron chi connectivity index (χ1n) is 6.58. The van der Waals surface area contributed by atoms with E-state index in [1.807, 2.05) is 5.43 Å². The molecule has 2 amide bonds. The summed E-state index contributed by atoms with van der Waals surface area (Å²) in [5.41, 5.74) is 1.81. The van der Waals surface area contributed by atoms with Gasteiger partial charge in [-0.1, -0.05) is 6.07 Å². The third-order valence-corrected chi connectivity index (χ3v) is 2.74.